The Balaban J connectivity index is 1.49. The molecule has 160 valence electrons. The zero-order valence-electron chi connectivity index (χ0n) is 16.7. The van der Waals surface area contributed by atoms with E-state index >= 15 is 0 Å². The number of morpholine rings is 1. The van der Waals surface area contributed by atoms with E-state index in [-0.39, 0.29) is 35.9 Å². The molecule has 0 bridgehead atoms. The Labute approximate surface area is 177 Å². The fraction of sp³-hybridized carbons (Fsp3) is 0.286. The van der Waals surface area contributed by atoms with Crippen LogP contribution < -0.4 is 9.80 Å². The molecule has 1 aromatic carbocycles. The number of imide groups is 2. The summed E-state index contributed by atoms with van der Waals surface area (Å²) < 4.78 is 10.2. The van der Waals surface area contributed by atoms with Crippen molar-refractivity contribution in [2.45, 2.75) is 13.0 Å². The van der Waals surface area contributed by atoms with Gasteiger partial charge in [-0.05, 0) is 31.2 Å². The molecule has 0 N–H and O–H groups in total. The number of hydrogen-bond donors (Lipinski definition) is 0. The van der Waals surface area contributed by atoms with Gasteiger partial charge >= 0.3 is 6.09 Å². The largest absolute Gasteiger partial charge is 0.433 e. The van der Waals surface area contributed by atoms with Crippen LogP contribution in [0.15, 0.2) is 48.1 Å². The molecule has 0 saturated carbocycles. The van der Waals surface area contributed by atoms with Crippen LogP contribution in [-0.2, 0) is 28.7 Å². The van der Waals surface area contributed by atoms with Crippen LogP contribution in [0.3, 0.4) is 0 Å². The molecular weight excluding hydrogens is 406 g/mol. The fourth-order valence-corrected chi connectivity index (χ4v) is 3.67. The number of amides is 5. The predicted octanol–water partition coefficient (Wildman–Crippen LogP) is 0.773. The summed E-state index contributed by atoms with van der Waals surface area (Å²) in [7, 11) is 0. The maximum Gasteiger partial charge on any atom is 0.422 e. The van der Waals surface area contributed by atoms with Gasteiger partial charge in [-0.15, -0.1) is 0 Å². The third kappa shape index (κ3) is 3.40. The summed E-state index contributed by atoms with van der Waals surface area (Å²) in [4.78, 5) is 65.1. The second-order valence-electron chi connectivity index (χ2n) is 7.12. The number of hydrogen-bond acceptors (Lipinski definition) is 7. The van der Waals surface area contributed by atoms with E-state index in [0.29, 0.717) is 18.8 Å². The Kier molecular flexibility index (Phi) is 5.15. The monoisotopic (exact) mass is 425 g/mol. The molecule has 0 aromatic heterocycles. The number of anilines is 2. The lowest BCUT2D eigenvalue weighted by molar-refractivity contribution is -0.139. The van der Waals surface area contributed by atoms with Crippen LogP contribution in [0.4, 0.5) is 16.2 Å². The normalized spacial score (nSPS) is 22.0. The van der Waals surface area contributed by atoms with Crippen molar-refractivity contribution in [2.75, 3.05) is 36.1 Å². The summed E-state index contributed by atoms with van der Waals surface area (Å²) >= 11 is 0. The maximum atomic E-state index is 12.8. The topological polar surface area (TPSA) is 114 Å². The molecule has 1 aromatic rings. The average Bonchev–Trinajstić information content (AvgIpc) is 3.15. The number of benzene rings is 1. The van der Waals surface area contributed by atoms with Gasteiger partial charge < -0.3 is 14.4 Å². The molecule has 0 radical (unpaired) electrons. The highest BCUT2D eigenvalue weighted by Gasteiger charge is 2.46. The molecule has 10 nitrogen and oxygen atoms in total. The van der Waals surface area contributed by atoms with Crippen LogP contribution in [0.2, 0.25) is 0 Å². The number of nitrogens with zero attached hydrogens (tertiary/aromatic N) is 3. The summed E-state index contributed by atoms with van der Waals surface area (Å²) in [6.45, 7) is 5.45. The van der Waals surface area contributed by atoms with Gasteiger partial charge in [-0.2, -0.15) is 0 Å². The summed E-state index contributed by atoms with van der Waals surface area (Å²) in [5, 5.41) is 0. The van der Waals surface area contributed by atoms with Gasteiger partial charge in [0.25, 0.3) is 23.6 Å². The molecule has 31 heavy (non-hydrogen) atoms. The summed E-state index contributed by atoms with van der Waals surface area (Å²) in [6, 6.07) is 6.27. The van der Waals surface area contributed by atoms with Gasteiger partial charge in [0.05, 0.1) is 18.8 Å². The molecule has 2 fully saturated rings. The van der Waals surface area contributed by atoms with Crippen molar-refractivity contribution >= 4 is 41.1 Å². The fourth-order valence-electron chi connectivity index (χ4n) is 3.67. The smallest absolute Gasteiger partial charge is 0.422 e. The lowest BCUT2D eigenvalue weighted by Gasteiger charge is -2.27. The van der Waals surface area contributed by atoms with Crippen molar-refractivity contribution in [3.63, 3.8) is 0 Å². The van der Waals surface area contributed by atoms with E-state index in [1.807, 2.05) is 0 Å². The Morgan fingerprint density at radius 2 is 1.74 bits per heavy atom. The van der Waals surface area contributed by atoms with Crippen LogP contribution in [0, 0.1) is 0 Å². The minimum absolute atomic E-state index is 0.00376. The highest BCUT2D eigenvalue weighted by molar-refractivity contribution is 6.22. The summed E-state index contributed by atoms with van der Waals surface area (Å²) in [5.74, 6) is -2.01. The number of ether oxygens (including phenoxy) is 2. The SMILES string of the molecule is C=CC1=C(C)C(=O)N(C[C@@H]2OC(=O)N(c3ccc(N4CCOCC4=O)cc3)C2=O)C1=O. The van der Waals surface area contributed by atoms with Crippen LogP contribution in [0.5, 0.6) is 0 Å². The predicted molar refractivity (Wildman–Crippen MR) is 107 cm³/mol. The molecule has 2 saturated heterocycles. The van der Waals surface area contributed by atoms with Gasteiger partial charge in [-0.25, -0.2) is 9.69 Å². The molecule has 1 atom stereocenters. The Bertz CT molecular complexity index is 1040. The minimum atomic E-state index is -1.31. The minimum Gasteiger partial charge on any atom is -0.433 e. The lowest BCUT2D eigenvalue weighted by Crippen LogP contribution is -2.42. The first-order valence-corrected chi connectivity index (χ1v) is 9.55. The van der Waals surface area contributed by atoms with E-state index in [1.54, 1.807) is 17.0 Å². The van der Waals surface area contributed by atoms with E-state index in [4.69, 9.17) is 9.47 Å². The summed E-state index contributed by atoms with van der Waals surface area (Å²) in [5.41, 5.74) is 1.25. The van der Waals surface area contributed by atoms with Crippen LogP contribution >= 0.6 is 0 Å². The third-order valence-electron chi connectivity index (χ3n) is 5.32. The standard InChI is InChI=1S/C21H19N3O7/c1-3-15-12(2)18(26)23(19(15)27)10-16-20(28)24(21(29)31-16)14-6-4-13(5-7-14)22-8-9-30-11-17(22)25/h3-7,16H,1,8-11H2,2H3/t16-/m0/s1. The highest BCUT2D eigenvalue weighted by atomic mass is 16.6. The second kappa shape index (κ2) is 7.80. The first-order chi connectivity index (χ1) is 14.8. The average molecular weight is 425 g/mol. The highest BCUT2D eigenvalue weighted by Crippen LogP contribution is 2.28. The van der Waals surface area contributed by atoms with Gasteiger partial charge in [0, 0.05) is 23.4 Å². The van der Waals surface area contributed by atoms with Crippen molar-refractivity contribution in [1.29, 1.82) is 0 Å². The van der Waals surface area contributed by atoms with Crippen molar-refractivity contribution in [3.8, 4) is 0 Å². The van der Waals surface area contributed by atoms with Gasteiger partial charge in [0.15, 0.2) is 0 Å². The molecule has 10 heteroatoms. The van der Waals surface area contributed by atoms with Gasteiger partial charge in [-0.1, -0.05) is 12.7 Å². The third-order valence-corrected chi connectivity index (χ3v) is 5.32. The zero-order chi connectivity index (χ0) is 22.3. The van der Waals surface area contributed by atoms with E-state index in [0.717, 1.165) is 9.80 Å². The quantitative estimate of drug-likeness (QED) is 0.641. The maximum absolute atomic E-state index is 12.8. The number of rotatable bonds is 5. The molecule has 0 aliphatic carbocycles. The van der Waals surface area contributed by atoms with E-state index in [1.165, 1.54) is 25.1 Å². The van der Waals surface area contributed by atoms with Crippen molar-refractivity contribution in [3.05, 3.63) is 48.1 Å². The number of carbonyl (C=O) groups is 5. The molecular formula is C21H19N3O7. The molecule has 5 amide bonds. The van der Waals surface area contributed by atoms with Crippen molar-refractivity contribution < 1.29 is 33.4 Å². The van der Waals surface area contributed by atoms with Gasteiger partial charge in [-0.3, -0.25) is 24.1 Å². The van der Waals surface area contributed by atoms with Crippen LogP contribution in [0.1, 0.15) is 6.92 Å². The van der Waals surface area contributed by atoms with E-state index < -0.39 is 29.9 Å². The van der Waals surface area contributed by atoms with Gasteiger partial charge in [0.2, 0.25) is 6.10 Å². The molecule has 0 spiro atoms. The lowest BCUT2D eigenvalue weighted by atomic mass is 10.2. The first kappa shape index (κ1) is 20.5. The summed E-state index contributed by atoms with van der Waals surface area (Å²) in [6.07, 6.45) is -0.929. The van der Waals surface area contributed by atoms with Crippen molar-refractivity contribution in [2.24, 2.45) is 0 Å². The first-order valence-electron chi connectivity index (χ1n) is 9.55. The number of cyclic esters (lactones) is 1. The Hall–Kier alpha value is -3.79. The van der Waals surface area contributed by atoms with Crippen LogP contribution in [0.25, 0.3) is 0 Å². The second-order valence-corrected chi connectivity index (χ2v) is 7.12. The molecule has 3 heterocycles. The molecule has 3 aliphatic rings. The van der Waals surface area contributed by atoms with Gasteiger partial charge in [0.1, 0.15) is 6.61 Å². The van der Waals surface area contributed by atoms with E-state index in [9.17, 15) is 24.0 Å². The zero-order valence-corrected chi connectivity index (χ0v) is 16.7. The molecule has 0 unspecified atom stereocenters. The Morgan fingerprint density at radius 3 is 2.35 bits per heavy atom. The molecule has 4 rings (SSSR count). The molecule has 3 aliphatic heterocycles. The van der Waals surface area contributed by atoms with E-state index in [2.05, 4.69) is 6.58 Å². The van der Waals surface area contributed by atoms with Crippen LogP contribution in [-0.4, -0.2) is 67.0 Å². The van der Waals surface area contributed by atoms with Crippen molar-refractivity contribution in [1.82, 2.24) is 4.90 Å². The number of carbonyl (C=O) groups excluding carboxylic acids is 5. The Morgan fingerprint density at radius 1 is 1.06 bits per heavy atom.